The van der Waals surface area contributed by atoms with Gasteiger partial charge in [-0.2, -0.15) is 12.6 Å². The van der Waals surface area contributed by atoms with Crippen molar-refractivity contribution in [1.82, 2.24) is 31.9 Å². The summed E-state index contributed by atoms with van der Waals surface area (Å²) in [7, 11) is -3.56. The van der Waals surface area contributed by atoms with Gasteiger partial charge in [-0.05, 0) is 85.1 Å². The van der Waals surface area contributed by atoms with Crippen molar-refractivity contribution >= 4 is 64.4 Å². The average Bonchev–Trinajstić information content (AvgIpc) is 3.09. The molecular weight excluding hydrogens is 765 g/mol. The number of urea groups is 2. The number of rotatable bonds is 30. The maximum absolute atomic E-state index is 11.8. The highest BCUT2D eigenvalue weighted by Crippen LogP contribution is 2.14. The van der Waals surface area contributed by atoms with Gasteiger partial charge in [0, 0.05) is 49.8 Å². The molecule has 18 heteroatoms. The van der Waals surface area contributed by atoms with Crippen LogP contribution in [0.1, 0.15) is 91.9 Å². The third-order valence-electron chi connectivity index (χ3n) is 7.50. The molecule has 0 aromatic carbocycles. The molecule has 6 N–H and O–H groups in total. The van der Waals surface area contributed by atoms with Crippen LogP contribution in [0, 0.1) is 0 Å². The Hall–Kier alpha value is -1.71. The second-order valence-electron chi connectivity index (χ2n) is 14.7. The smallest absolute Gasteiger partial charge is 0.406 e. The molecule has 2 atom stereocenters. The molecule has 0 aliphatic rings. The average molecular weight is 843 g/mol. The fraction of sp³-hybridized carbons (Fsp3) is 0.889. The minimum atomic E-state index is -1.95. The van der Waals surface area contributed by atoms with Crippen LogP contribution in [0.25, 0.3) is 0 Å². The largest absolute Gasteiger partial charge is 0.454 e. The zero-order chi connectivity index (χ0) is 41.1. The van der Waals surface area contributed by atoms with Gasteiger partial charge in [0.05, 0.1) is 26.4 Å². The molecule has 0 rings (SSSR count). The van der Waals surface area contributed by atoms with Gasteiger partial charge in [0.15, 0.2) is 8.32 Å². The summed E-state index contributed by atoms with van der Waals surface area (Å²) in [5.74, 6) is 1.35. The lowest BCUT2D eigenvalue weighted by atomic mass is 10.2. The molecule has 14 nitrogen and oxygen atoms in total. The molecule has 6 amide bonds. The van der Waals surface area contributed by atoms with Gasteiger partial charge in [-0.25, -0.2) is 14.4 Å². The molecule has 0 aliphatic carbocycles. The molecule has 0 saturated carbocycles. The van der Waals surface area contributed by atoms with Crippen molar-refractivity contribution in [2.75, 3.05) is 70.3 Å². The highest BCUT2D eigenvalue weighted by Gasteiger charge is 2.31. The van der Waals surface area contributed by atoms with E-state index in [0.29, 0.717) is 70.3 Å². The van der Waals surface area contributed by atoms with Gasteiger partial charge >= 0.3 is 18.2 Å². The van der Waals surface area contributed by atoms with Gasteiger partial charge in [-0.1, -0.05) is 51.3 Å². The van der Waals surface area contributed by atoms with E-state index in [0.717, 1.165) is 64.2 Å². The number of hydrogen-bond donors (Lipinski definition) is 7. The van der Waals surface area contributed by atoms with Crippen molar-refractivity contribution < 1.29 is 37.5 Å². The number of carbonyl (C=O) groups excluding carboxylic acids is 4. The van der Waals surface area contributed by atoms with Gasteiger partial charge in [-0.15, -0.1) is 0 Å². The second kappa shape index (κ2) is 35.7. The summed E-state index contributed by atoms with van der Waals surface area (Å²) in [4.78, 5) is 46.5. The van der Waals surface area contributed by atoms with Crippen LogP contribution in [0.3, 0.4) is 0 Å². The quantitative estimate of drug-likeness (QED) is 0.0228. The summed E-state index contributed by atoms with van der Waals surface area (Å²) in [6, 6.07) is 0.211. The molecular formula is C36H78N6O8S2Si2. The third kappa shape index (κ3) is 41.5. The van der Waals surface area contributed by atoms with E-state index in [1.54, 1.807) is 0 Å². The van der Waals surface area contributed by atoms with Crippen LogP contribution < -0.4 is 31.9 Å². The van der Waals surface area contributed by atoms with E-state index in [2.05, 4.69) is 77.3 Å². The lowest BCUT2D eigenvalue weighted by Crippen LogP contribution is -2.47. The van der Waals surface area contributed by atoms with Gasteiger partial charge in [0.1, 0.15) is 6.23 Å². The standard InChI is InChI=1S/C18H37N3O4S2.C18H41N3O4Si2/c1-3-16(2)21-17(22)19-8-6-4-5-7-9-20-18(23)27-15-13-25-11-10-24-12-14-26;1-8-16(2)21-17(22)19-13-11-9-10-12-14-20-18(23)24-15-27(6,7)25-26(3,4)5/h16,26H,3-15H2,1-2H3,(H,20,23)(H2,19,21,22);16H,8-15H2,1-7H3,(H,20,23)(H2,19,21,22). The van der Waals surface area contributed by atoms with Crippen molar-refractivity contribution in [2.24, 2.45) is 0 Å². The topological polar surface area (TPSA) is 177 Å². The van der Waals surface area contributed by atoms with Crippen LogP contribution in [-0.2, 0) is 18.3 Å². The predicted molar refractivity (Wildman–Crippen MR) is 232 cm³/mol. The van der Waals surface area contributed by atoms with Gasteiger partial charge in [0.2, 0.25) is 8.32 Å². The molecule has 0 fully saturated rings. The molecule has 54 heavy (non-hydrogen) atoms. The first-order valence-electron chi connectivity index (χ1n) is 19.9. The molecule has 0 bridgehead atoms. The van der Waals surface area contributed by atoms with Crippen molar-refractivity contribution in [3.05, 3.63) is 0 Å². The van der Waals surface area contributed by atoms with Gasteiger partial charge < -0.3 is 50.2 Å². The Bertz CT molecular complexity index is 971. The van der Waals surface area contributed by atoms with E-state index in [9.17, 15) is 19.2 Å². The minimum Gasteiger partial charge on any atom is -0.454 e. The van der Waals surface area contributed by atoms with Crippen LogP contribution in [-0.4, -0.2) is 122 Å². The van der Waals surface area contributed by atoms with Crippen LogP contribution in [0.2, 0.25) is 32.7 Å². The van der Waals surface area contributed by atoms with E-state index >= 15 is 0 Å². The number of alkyl carbamates (subject to hydrolysis) is 1. The Labute approximate surface area is 339 Å². The van der Waals surface area contributed by atoms with E-state index in [4.69, 9.17) is 18.3 Å². The number of hydrogen-bond acceptors (Lipinski definition) is 10. The van der Waals surface area contributed by atoms with Crippen molar-refractivity contribution in [2.45, 2.75) is 137 Å². The molecule has 2 unspecified atom stereocenters. The fourth-order valence-electron chi connectivity index (χ4n) is 4.53. The molecule has 0 heterocycles. The second-order valence-corrected chi connectivity index (χ2v) is 25.1. The Kier molecular flexibility index (Phi) is 36.0. The van der Waals surface area contributed by atoms with Crippen LogP contribution in [0.5, 0.6) is 0 Å². The Morgan fingerprint density at radius 3 is 1.52 bits per heavy atom. The number of thioether (sulfide) groups is 1. The molecule has 0 saturated heterocycles. The number of unbranched alkanes of at least 4 members (excludes halogenated alkanes) is 6. The first kappa shape index (κ1) is 54.4. The molecule has 0 aromatic heterocycles. The maximum Gasteiger partial charge on any atom is 0.406 e. The number of amides is 6. The van der Waals surface area contributed by atoms with E-state index in [-0.39, 0.29) is 35.5 Å². The summed E-state index contributed by atoms with van der Waals surface area (Å²) in [6.45, 7) is 23.6. The summed E-state index contributed by atoms with van der Waals surface area (Å²) < 4.78 is 22.1. The highest BCUT2D eigenvalue weighted by molar-refractivity contribution is 8.13. The summed E-state index contributed by atoms with van der Waals surface area (Å²) in [6.07, 6.45) is 9.71. The normalized spacial score (nSPS) is 12.4. The first-order chi connectivity index (χ1) is 25.5. The lowest BCUT2D eigenvalue weighted by Gasteiger charge is -2.30. The Balaban J connectivity index is 0. The molecule has 0 radical (unpaired) electrons. The lowest BCUT2D eigenvalue weighted by molar-refractivity contribution is 0.0606. The SMILES string of the molecule is CCC(C)NC(=O)NCCCCCCNC(=O)OC[Si](C)(C)O[Si](C)(C)C.CCC(C)NC(=O)NCCCCCCNC(=O)SCCOCCOCCS. The van der Waals surface area contributed by atoms with E-state index in [1.807, 2.05) is 27.7 Å². The van der Waals surface area contributed by atoms with Crippen LogP contribution >= 0.6 is 24.4 Å². The number of thiol groups is 1. The third-order valence-corrected chi connectivity index (χ3v) is 14.0. The Morgan fingerprint density at radius 2 is 1.07 bits per heavy atom. The Morgan fingerprint density at radius 1 is 0.630 bits per heavy atom. The summed E-state index contributed by atoms with van der Waals surface area (Å²) in [5, 5.41) is 17.1. The zero-order valence-electron chi connectivity index (χ0n) is 35.1. The molecule has 0 aliphatic heterocycles. The van der Waals surface area contributed by atoms with Crippen molar-refractivity contribution in [3.8, 4) is 0 Å². The maximum atomic E-state index is 11.8. The van der Waals surface area contributed by atoms with E-state index < -0.39 is 16.6 Å². The number of carbonyl (C=O) groups is 4. The van der Waals surface area contributed by atoms with Gasteiger partial charge in [-0.3, -0.25) is 4.79 Å². The number of nitrogens with one attached hydrogen (secondary N) is 6. The van der Waals surface area contributed by atoms with Crippen LogP contribution in [0.15, 0.2) is 0 Å². The first-order valence-corrected chi connectivity index (χ1v) is 28.1. The van der Waals surface area contributed by atoms with E-state index in [1.165, 1.54) is 11.8 Å². The predicted octanol–water partition coefficient (Wildman–Crippen LogP) is 7.02. The fourth-order valence-corrected chi connectivity index (χ4v) is 12.6. The van der Waals surface area contributed by atoms with Crippen molar-refractivity contribution in [1.29, 1.82) is 0 Å². The summed E-state index contributed by atoms with van der Waals surface area (Å²) in [5.41, 5.74) is 0. The van der Waals surface area contributed by atoms with Gasteiger partial charge in [0.25, 0.3) is 5.24 Å². The highest BCUT2D eigenvalue weighted by atomic mass is 32.2. The van der Waals surface area contributed by atoms with Crippen molar-refractivity contribution in [3.63, 3.8) is 0 Å². The minimum absolute atomic E-state index is 0.00620. The van der Waals surface area contributed by atoms with Crippen LogP contribution in [0.4, 0.5) is 19.2 Å². The molecule has 320 valence electrons. The summed E-state index contributed by atoms with van der Waals surface area (Å²) >= 11 is 5.29. The molecule has 0 spiro atoms. The number of ether oxygens (including phenoxy) is 3. The zero-order valence-corrected chi connectivity index (χ0v) is 38.8. The molecule has 0 aromatic rings. The monoisotopic (exact) mass is 842 g/mol.